The predicted molar refractivity (Wildman–Crippen MR) is 109 cm³/mol. The van der Waals surface area contributed by atoms with Crippen LogP contribution in [0.15, 0.2) is 42.6 Å². The Morgan fingerprint density at radius 3 is 2.77 bits per heavy atom. The molecule has 0 aliphatic rings. The van der Waals surface area contributed by atoms with Gasteiger partial charge in [0.1, 0.15) is 12.4 Å². The third-order valence-electron chi connectivity index (χ3n) is 4.43. The molecule has 1 heterocycles. The molecule has 0 aliphatic heterocycles. The van der Waals surface area contributed by atoms with E-state index in [4.69, 9.17) is 14.6 Å². The monoisotopic (exact) mass is 412 g/mol. The standard InChI is InChI=1S/C21H24N4O5/c1-29-19-6-5-16-9-15(3-4-17(16)10-19)12-22-20(26)14-30-8-2-7-25-13-18(23-24-25)11-21(27)28/h3-6,9-10,13H,2,7-8,11-12,14H2,1H3,(H,22,26)(H,27,28). The lowest BCUT2D eigenvalue weighted by molar-refractivity contribution is -0.136. The smallest absolute Gasteiger partial charge is 0.309 e. The first kappa shape index (κ1) is 21.3. The summed E-state index contributed by atoms with van der Waals surface area (Å²) in [6, 6.07) is 11.9. The van der Waals surface area contributed by atoms with E-state index in [9.17, 15) is 9.59 Å². The highest BCUT2D eigenvalue weighted by Gasteiger charge is 2.06. The van der Waals surface area contributed by atoms with Gasteiger partial charge in [-0.2, -0.15) is 0 Å². The zero-order chi connectivity index (χ0) is 21.3. The number of hydrogen-bond donors (Lipinski definition) is 2. The van der Waals surface area contributed by atoms with Crippen LogP contribution < -0.4 is 10.1 Å². The minimum atomic E-state index is -0.944. The molecule has 0 unspecified atom stereocenters. The summed E-state index contributed by atoms with van der Waals surface area (Å²) in [5.74, 6) is -0.320. The van der Waals surface area contributed by atoms with Crippen molar-refractivity contribution < 1.29 is 24.2 Å². The second-order valence-corrected chi connectivity index (χ2v) is 6.77. The average molecular weight is 412 g/mol. The van der Waals surface area contributed by atoms with Crippen molar-refractivity contribution >= 4 is 22.6 Å². The number of carboxylic acid groups (broad SMARTS) is 1. The lowest BCUT2D eigenvalue weighted by Gasteiger charge is -2.08. The molecule has 0 atom stereocenters. The van der Waals surface area contributed by atoms with Gasteiger partial charge in [-0.05, 0) is 41.0 Å². The van der Waals surface area contributed by atoms with Crippen LogP contribution in [0.2, 0.25) is 0 Å². The van der Waals surface area contributed by atoms with Crippen LogP contribution in [0, 0.1) is 0 Å². The number of methoxy groups -OCH3 is 1. The second-order valence-electron chi connectivity index (χ2n) is 6.77. The Hall–Kier alpha value is -3.46. The molecular formula is C21H24N4O5. The zero-order valence-corrected chi connectivity index (χ0v) is 16.7. The highest BCUT2D eigenvalue weighted by molar-refractivity contribution is 5.84. The Kier molecular flexibility index (Phi) is 7.34. The summed E-state index contributed by atoms with van der Waals surface area (Å²) in [5.41, 5.74) is 1.42. The number of carbonyl (C=O) groups is 2. The molecule has 3 rings (SSSR count). The van der Waals surface area contributed by atoms with Gasteiger partial charge in [0.25, 0.3) is 0 Å². The lowest BCUT2D eigenvalue weighted by atomic mass is 10.1. The van der Waals surface area contributed by atoms with Crippen LogP contribution in [-0.2, 0) is 33.8 Å². The minimum Gasteiger partial charge on any atom is -0.497 e. The number of benzene rings is 2. The number of aryl methyl sites for hydroxylation is 1. The molecule has 1 amide bonds. The normalized spacial score (nSPS) is 10.8. The molecule has 9 nitrogen and oxygen atoms in total. The van der Waals surface area contributed by atoms with Crippen molar-refractivity contribution in [2.75, 3.05) is 20.3 Å². The summed E-state index contributed by atoms with van der Waals surface area (Å²) >= 11 is 0. The fourth-order valence-corrected chi connectivity index (χ4v) is 2.94. The largest absolute Gasteiger partial charge is 0.497 e. The number of carbonyl (C=O) groups excluding carboxylic acids is 1. The number of nitrogens with one attached hydrogen (secondary N) is 1. The molecule has 0 spiro atoms. The number of hydrogen-bond acceptors (Lipinski definition) is 6. The van der Waals surface area contributed by atoms with E-state index >= 15 is 0 Å². The Balaban J connectivity index is 1.34. The first-order valence-electron chi connectivity index (χ1n) is 9.55. The Morgan fingerprint density at radius 2 is 1.97 bits per heavy atom. The van der Waals surface area contributed by atoms with Gasteiger partial charge in [-0.1, -0.05) is 23.4 Å². The first-order chi connectivity index (χ1) is 14.5. The van der Waals surface area contributed by atoms with E-state index in [1.54, 1.807) is 18.0 Å². The van der Waals surface area contributed by atoms with Crippen molar-refractivity contribution in [3.05, 3.63) is 53.9 Å². The van der Waals surface area contributed by atoms with Crippen molar-refractivity contribution in [3.63, 3.8) is 0 Å². The second kappa shape index (κ2) is 10.4. The summed E-state index contributed by atoms with van der Waals surface area (Å²) in [5, 5.41) is 21.4. The molecule has 3 aromatic rings. The van der Waals surface area contributed by atoms with Crippen molar-refractivity contribution in [1.82, 2.24) is 20.3 Å². The molecule has 2 N–H and O–H groups in total. The number of rotatable bonds is 11. The number of aromatic nitrogens is 3. The number of aliphatic carboxylic acids is 1. The highest BCUT2D eigenvalue weighted by Crippen LogP contribution is 2.21. The van der Waals surface area contributed by atoms with Gasteiger partial charge in [0.05, 0.1) is 19.2 Å². The van der Waals surface area contributed by atoms with E-state index in [2.05, 4.69) is 15.6 Å². The summed E-state index contributed by atoms with van der Waals surface area (Å²) in [4.78, 5) is 22.6. The maximum absolute atomic E-state index is 12.0. The van der Waals surface area contributed by atoms with Gasteiger partial charge in [0.15, 0.2) is 0 Å². The summed E-state index contributed by atoms with van der Waals surface area (Å²) in [6.07, 6.45) is 2.08. The summed E-state index contributed by atoms with van der Waals surface area (Å²) in [6.45, 7) is 1.33. The molecule has 0 aliphatic carbocycles. The van der Waals surface area contributed by atoms with Crippen LogP contribution in [0.1, 0.15) is 17.7 Å². The van der Waals surface area contributed by atoms with Gasteiger partial charge in [-0.3, -0.25) is 14.3 Å². The molecule has 0 saturated carbocycles. The van der Waals surface area contributed by atoms with E-state index in [-0.39, 0.29) is 18.9 Å². The van der Waals surface area contributed by atoms with E-state index in [1.807, 2.05) is 36.4 Å². The third-order valence-corrected chi connectivity index (χ3v) is 4.43. The lowest BCUT2D eigenvalue weighted by Crippen LogP contribution is -2.27. The van der Waals surface area contributed by atoms with Crippen molar-refractivity contribution in [3.8, 4) is 5.75 Å². The van der Waals surface area contributed by atoms with Gasteiger partial charge in [-0.15, -0.1) is 5.10 Å². The van der Waals surface area contributed by atoms with Crippen LogP contribution in [0.5, 0.6) is 5.75 Å². The molecule has 9 heteroatoms. The molecule has 158 valence electrons. The fraction of sp³-hybridized carbons (Fsp3) is 0.333. The zero-order valence-electron chi connectivity index (χ0n) is 16.7. The van der Waals surface area contributed by atoms with Crippen LogP contribution >= 0.6 is 0 Å². The van der Waals surface area contributed by atoms with Gasteiger partial charge in [-0.25, -0.2) is 0 Å². The van der Waals surface area contributed by atoms with Crippen LogP contribution in [-0.4, -0.2) is 52.3 Å². The Morgan fingerprint density at radius 1 is 1.17 bits per heavy atom. The maximum atomic E-state index is 12.0. The minimum absolute atomic E-state index is 0.0214. The van der Waals surface area contributed by atoms with E-state index in [1.165, 1.54) is 0 Å². The molecule has 0 radical (unpaired) electrons. The van der Waals surface area contributed by atoms with E-state index in [0.29, 0.717) is 31.8 Å². The Bertz CT molecular complexity index is 1020. The van der Waals surface area contributed by atoms with E-state index in [0.717, 1.165) is 22.1 Å². The molecule has 30 heavy (non-hydrogen) atoms. The van der Waals surface area contributed by atoms with Crippen LogP contribution in [0.4, 0.5) is 0 Å². The maximum Gasteiger partial charge on any atom is 0.309 e. The molecule has 0 saturated heterocycles. The van der Waals surface area contributed by atoms with Gasteiger partial charge < -0.3 is 19.9 Å². The van der Waals surface area contributed by atoms with Crippen molar-refractivity contribution in [2.45, 2.75) is 25.9 Å². The topological polar surface area (TPSA) is 116 Å². The number of amides is 1. The SMILES string of the molecule is COc1ccc2cc(CNC(=O)COCCCn3cc(CC(=O)O)nn3)ccc2c1. The summed E-state index contributed by atoms with van der Waals surface area (Å²) < 4.78 is 12.2. The number of nitrogens with zero attached hydrogens (tertiary/aromatic N) is 3. The number of ether oxygens (including phenoxy) is 2. The third kappa shape index (κ3) is 6.28. The first-order valence-corrected chi connectivity index (χ1v) is 9.55. The molecule has 0 bridgehead atoms. The summed E-state index contributed by atoms with van der Waals surface area (Å²) in [7, 11) is 1.64. The Labute approximate surface area is 173 Å². The molecule has 0 fully saturated rings. The molecule has 1 aromatic heterocycles. The van der Waals surface area contributed by atoms with Crippen LogP contribution in [0.3, 0.4) is 0 Å². The predicted octanol–water partition coefficient (Wildman–Crippen LogP) is 1.79. The quantitative estimate of drug-likeness (QED) is 0.461. The average Bonchev–Trinajstić information content (AvgIpc) is 3.17. The number of fused-ring (bicyclic) bond motifs is 1. The van der Waals surface area contributed by atoms with Crippen molar-refractivity contribution in [2.24, 2.45) is 0 Å². The van der Waals surface area contributed by atoms with Gasteiger partial charge in [0.2, 0.25) is 5.91 Å². The fourth-order valence-electron chi connectivity index (χ4n) is 2.94. The van der Waals surface area contributed by atoms with E-state index < -0.39 is 5.97 Å². The van der Waals surface area contributed by atoms with Crippen LogP contribution in [0.25, 0.3) is 10.8 Å². The van der Waals surface area contributed by atoms with Gasteiger partial charge in [0, 0.05) is 25.9 Å². The molecule has 2 aromatic carbocycles. The molecular weight excluding hydrogens is 388 g/mol. The highest BCUT2D eigenvalue weighted by atomic mass is 16.5. The van der Waals surface area contributed by atoms with Gasteiger partial charge >= 0.3 is 5.97 Å². The number of carboxylic acids is 1. The van der Waals surface area contributed by atoms with Crippen molar-refractivity contribution in [1.29, 1.82) is 0 Å².